The van der Waals surface area contributed by atoms with Crippen LogP contribution in [0.4, 0.5) is 0 Å². The van der Waals surface area contributed by atoms with Crippen LogP contribution in [0.1, 0.15) is 20.8 Å². The lowest BCUT2D eigenvalue weighted by Gasteiger charge is -2.16. The molecule has 0 bridgehead atoms. The van der Waals surface area contributed by atoms with Crippen LogP contribution in [0.15, 0.2) is 0 Å². The van der Waals surface area contributed by atoms with Crippen LogP contribution >= 0.6 is 0 Å². The Bertz CT molecular complexity index is 107. The molecular formula is C9H21NO2. The van der Waals surface area contributed by atoms with Gasteiger partial charge in [-0.25, -0.2) is 0 Å². The van der Waals surface area contributed by atoms with Gasteiger partial charge in [0, 0.05) is 20.2 Å². The molecule has 0 amide bonds. The van der Waals surface area contributed by atoms with Crippen molar-refractivity contribution in [1.29, 1.82) is 0 Å². The van der Waals surface area contributed by atoms with Crippen LogP contribution in [0.3, 0.4) is 0 Å². The van der Waals surface area contributed by atoms with E-state index in [0.29, 0.717) is 12.5 Å². The van der Waals surface area contributed by atoms with Crippen molar-refractivity contribution in [2.45, 2.75) is 33.0 Å². The SMILES string of the molecule is COC(C)CNCC(O)C(C)C. The van der Waals surface area contributed by atoms with Gasteiger partial charge in [0.05, 0.1) is 12.2 Å². The number of methoxy groups -OCH3 is 1. The average Bonchev–Trinajstić information content (AvgIpc) is 2.03. The van der Waals surface area contributed by atoms with Crippen molar-refractivity contribution < 1.29 is 9.84 Å². The average molecular weight is 175 g/mol. The first kappa shape index (κ1) is 11.9. The topological polar surface area (TPSA) is 41.5 Å². The van der Waals surface area contributed by atoms with E-state index in [1.54, 1.807) is 7.11 Å². The standard InChI is InChI=1S/C9H21NO2/c1-7(2)9(11)6-10-5-8(3)12-4/h7-11H,5-6H2,1-4H3. The highest BCUT2D eigenvalue weighted by atomic mass is 16.5. The Balaban J connectivity index is 3.30. The minimum Gasteiger partial charge on any atom is -0.392 e. The van der Waals surface area contributed by atoms with E-state index in [0.717, 1.165) is 6.54 Å². The van der Waals surface area contributed by atoms with Gasteiger partial charge in [-0.1, -0.05) is 13.8 Å². The van der Waals surface area contributed by atoms with Crippen molar-refractivity contribution in [1.82, 2.24) is 5.32 Å². The molecule has 2 unspecified atom stereocenters. The van der Waals surface area contributed by atoms with Crippen LogP contribution in [0.5, 0.6) is 0 Å². The Morgan fingerprint density at radius 1 is 1.25 bits per heavy atom. The van der Waals surface area contributed by atoms with Gasteiger partial charge in [0.1, 0.15) is 0 Å². The molecule has 3 heteroatoms. The fraction of sp³-hybridized carbons (Fsp3) is 1.00. The van der Waals surface area contributed by atoms with Crippen molar-refractivity contribution in [3.8, 4) is 0 Å². The molecule has 0 rings (SSSR count). The largest absolute Gasteiger partial charge is 0.392 e. The summed E-state index contributed by atoms with van der Waals surface area (Å²) in [7, 11) is 1.69. The van der Waals surface area contributed by atoms with Crippen molar-refractivity contribution in [2.75, 3.05) is 20.2 Å². The zero-order valence-corrected chi connectivity index (χ0v) is 8.50. The Morgan fingerprint density at radius 3 is 2.25 bits per heavy atom. The number of hydrogen-bond donors (Lipinski definition) is 2. The van der Waals surface area contributed by atoms with Gasteiger partial charge in [0.25, 0.3) is 0 Å². The summed E-state index contributed by atoms with van der Waals surface area (Å²) in [6.07, 6.45) is -0.0431. The van der Waals surface area contributed by atoms with E-state index in [9.17, 15) is 5.11 Å². The summed E-state index contributed by atoms with van der Waals surface area (Å²) in [5.74, 6) is 0.315. The predicted molar refractivity (Wildman–Crippen MR) is 50.2 cm³/mol. The Labute approximate surface area is 75.1 Å². The summed E-state index contributed by atoms with van der Waals surface area (Å²) >= 11 is 0. The third-order valence-electron chi connectivity index (χ3n) is 1.96. The van der Waals surface area contributed by atoms with Gasteiger partial charge in [-0.05, 0) is 12.8 Å². The van der Waals surface area contributed by atoms with Gasteiger partial charge in [-0.3, -0.25) is 0 Å². The van der Waals surface area contributed by atoms with Gasteiger partial charge >= 0.3 is 0 Å². The smallest absolute Gasteiger partial charge is 0.0687 e. The van der Waals surface area contributed by atoms with E-state index in [1.165, 1.54) is 0 Å². The zero-order valence-electron chi connectivity index (χ0n) is 8.50. The molecule has 74 valence electrons. The number of aliphatic hydroxyl groups is 1. The van der Waals surface area contributed by atoms with E-state index in [2.05, 4.69) is 5.32 Å². The molecule has 0 aromatic heterocycles. The molecular weight excluding hydrogens is 154 g/mol. The van der Waals surface area contributed by atoms with Gasteiger partial charge in [-0.15, -0.1) is 0 Å². The van der Waals surface area contributed by atoms with Gasteiger partial charge < -0.3 is 15.2 Å². The van der Waals surface area contributed by atoms with Crippen LogP contribution < -0.4 is 5.32 Å². The lowest BCUT2D eigenvalue weighted by molar-refractivity contribution is 0.0973. The highest BCUT2D eigenvalue weighted by Crippen LogP contribution is 1.98. The molecule has 0 aliphatic carbocycles. The molecule has 0 aliphatic rings. The minimum absolute atomic E-state index is 0.212. The molecule has 2 N–H and O–H groups in total. The lowest BCUT2D eigenvalue weighted by Crippen LogP contribution is -2.35. The van der Waals surface area contributed by atoms with Crippen molar-refractivity contribution in [3.63, 3.8) is 0 Å². The quantitative estimate of drug-likeness (QED) is 0.622. The lowest BCUT2D eigenvalue weighted by atomic mass is 10.1. The van der Waals surface area contributed by atoms with Crippen LogP contribution in [0, 0.1) is 5.92 Å². The number of hydrogen-bond acceptors (Lipinski definition) is 3. The van der Waals surface area contributed by atoms with Gasteiger partial charge in [-0.2, -0.15) is 0 Å². The maximum Gasteiger partial charge on any atom is 0.0687 e. The second-order valence-corrected chi connectivity index (χ2v) is 3.52. The second kappa shape index (κ2) is 6.40. The van der Waals surface area contributed by atoms with E-state index >= 15 is 0 Å². The first-order valence-electron chi connectivity index (χ1n) is 4.49. The summed E-state index contributed by atoms with van der Waals surface area (Å²) < 4.78 is 5.05. The highest BCUT2D eigenvalue weighted by Gasteiger charge is 2.08. The van der Waals surface area contributed by atoms with Crippen LogP contribution in [0.2, 0.25) is 0 Å². The summed E-state index contributed by atoms with van der Waals surface area (Å²) in [4.78, 5) is 0. The Kier molecular flexibility index (Phi) is 6.34. The summed E-state index contributed by atoms with van der Waals surface area (Å²) in [5.41, 5.74) is 0. The third-order valence-corrected chi connectivity index (χ3v) is 1.96. The fourth-order valence-electron chi connectivity index (χ4n) is 0.754. The molecule has 0 aliphatic heterocycles. The maximum absolute atomic E-state index is 9.41. The first-order valence-corrected chi connectivity index (χ1v) is 4.49. The third kappa shape index (κ3) is 5.52. The summed E-state index contributed by atoms with van der Waals surface area (Å²) in [5, 5.41) is 12.6. The van der Waals surface area contributed by atoms with Crippen molar-refractivity contribution >= 4 is 0 Å². The second-order valence-electron chi connectivity index (χ2n) is 3.52. The summed E-state index contributed by atoms with van der Waals surface area (Å²) in [6.45, 7) is 7.44. The number of aliphatic hydroxyl groups excluding tert-OH is 1. The first-order chi connectivity index (χ1) is 5.57. The van der Waals surface area contributed by atoms with E-state index in [1.807, 2.05) is 20.8 Å². The molecule has 2 atom stereocenters. The molecule has 0 aromatic carbocycles. The molecule has 12 heavy (non-hydrogen) atoms. The van der Waals surface area contributed by atoms with Crippen molar-refractivity contribution in [3.05, 3.63) is 0 Å². The van der Waals surface area contributed by atoms with Crippen LogP contribution in [-0.4, -0.2) is 37.5 Å². The van der Waals surface area contributed by atoms with Gasteiger partial charge in [0.15, 0.2) is 0 Å². The van der Waals surface area contributed by atoms with Gasteiger partial charge in [0.2, 0.25) is 0 Å². The monoisotopic (exact) mass is 175 g/mol. The normalized spacial score (nSPS) is 16.5. The Morgan fingerprint density at radius 2 is 1.83 bits per heavy atom. The molecule has 0 saturated carbocycles. The minimum atomic E-state index is -0.256. The van der Waals surface area contributed by atoms with E-state index in [-0.39, 0.29) is 12.2 Å². The fourth-order valence-corrected chi connectivity index (χ4v) is 0.754. The zero-order chi connectivity index (χ0) is 9.56. The number of rotatable bonds is 6. The van der Waals surface area contributed by atoms with E-state index in [4.69, 9.17) is 4.74 Å². The molecule has 0 aromatic rings. The predicted octanol–water partition coefficient (Wildman–Crippen LogP) is 0.628. The molecule has 0 fully saturated rings. The molecule has 0 saturated heterocycles. The molecule has 0 heterocycles. The number of nitrogens with one attached hydrogen (secondary N) is 1. The molecule has 3 nitrogen and oxygen atoms in total. The highest BCUT2D eigenvalue weighted by molar-refractivity contribution is 4.64. The molecule has 0 radical (unpaired) electrons. The van der Waals surface area contributed by atoms with Crippen LogP contribution in [0.25, 0.3) is 0 Å². The van der Waals surface area contributed by atoms with Crippen molar-refractivity contribution in [2.24, 2.45) is 5.92 Å². The number of ether oxygens (including phenoxy) is 1. The maximum atomic E-state index is 9.41. The van der Waals surface area contributed by atoms with E-state index < -0.39 is 0 Å². The van der Waals surface area contributed by atoms with Crippen LogP contribution in [-0.2, 0) is 4.74 Å². The Hall–Kier alpha value is -0.120. The molecule has 0 spiro atoms. The summed E-state index contributed by atoms with van der Waals surface area (Å²) in [6, 6.07) is 0.